The average Bonchev–Trinajstić information content (AvgIpc) is 3.28. The number of hydrogen-bond donors (Lipinski definition) is 1. The van der Waals surface area contributed by atoms with Crippen molar-refractivity contribution in [3.05, 3.63) is 28.8 Å². The SMILES string of the molecule is CCCNC(c1cc(Cl)ccc1OC)C(OC)C1CC1. The lowest BCUT2D eigenvalue weighted by molar-refractivity contribution is 0.0499. The standard InChI is InChI=1S/C16H24ClNO2/c1-4-9-18-15(16(20-3)11-5-6-11)13-10-12(17)7-8-14(13)19-2/h7-8,10-11,15-16,18H,4-6,9H2,1-3H3. The molecule has 1 fully saturated rings. The lowest BCUT2D eigenvalue weighted by atomic mass is 9.96. The molecule has 1 aromatic rings. The molecule has 1 aromatic carbocycles. The summed E-state index contributed by atoms with van der Waals surface area (Å²) < 4.78 is 11.3. The fourth-order valence-electron chi connectivity index (χ4n) is 2.68. The zero-order valence-corrected chi connectivity index (χ0v) is 13.2. The van der Waals surface area contributed by atoms with E-state index in [9.17, 15) is 0 Å². The summed E-state index contributed by atoms with van der Waals surface area (Å²) in [7, 11) is 3.49. The summed E-state index contributed by atoms with van der Waals surface area (Å²) in [6.45, 7) is 3.12. The minimum atomic E-state index is 0.126. The van der Waals surface area contributed by atoms with Crippen molar-refractivity contribution in [2.75, 3.05) is 20.8 Å². The molecule has 1 aliphatic carbocycles. The first kappa shape index (κ1) is 15.6. The highest BCUT2D eigenvalue weighted by atomic mass is 35.5. The molecule has 2 unspecified atom stereocenters. The van der Waals surface area contributed by atoms with Crippen LogP contribution in [0.15, 0.2) is 18.2 Å². The van der Waals surface area contributed by atoms with Gasteiger partial charge in [0.05, 0.1) is 19.3 Å². The molecule has 2 atom stereocenters. The fraction of sp³-hybridized carbons (Fsp3) is 0.625. The molecule has 2 rings (SSSR count). The first-order chi connectivity index (χ1) is 9.71. The van der Waals surface area contributed by atoms with E-state index in [4.69, 9.17) is 21.1 Å². The Morgan fingerprint density at radius 2 is 2.10 bits per heavy atom. The smallest absolute Gasteiger partial charge is 0.123 e. The van der Waals surface area contributed by atoms with Gasteiger partial charge in [0.1, 0.15) is 5.75 Å². The molecule has 1 saturated carbocycles. The molecule has 0 saturated heterocycles. The maximum absolute atomic E-state index is 6.17. The lowest BCUT2D eigenvalue weighted by Gasteiger charge is -2.29. The van der Waals surface area contributed by atoms with Crippen molar-refractivity contribution in [3.8, 4) is 5.75 Å². The summed E-state index contributed by atoms with van der Waals surface area (Å²) >= 11 is 6.17. The number of nitrogens with one attached hydrogen (secondary N) is 1. The van der Waals surface area contributed by atoms with Crippen molar-refractivity contribution in [2.24, 2.45) is 5.92 Å². The van der Waals surface area contributed by atoms with Gasteiger partial charge in [0.15, 0.2) is 0 Å². The minimum absolute atomic E-state index is 0.126. The number of ether oxygens (including phenoxy) is 2. The zero-order valence-electron chi connectivity index (χ0n) is 12.5. The van der Waals surface area contributed by atoms with Crippen LogP contribution in [0.3, 0.4) is 0 Å². The molecule has 0 amide bonds. The van der Waals surface area contributed by atoms with E-state index in [1.165, 1.54) is 12.8 Å². The van der Waals surface area contributed by atoms with Gasteiger partial charge in [-0.1, -0.05) is 18.5 Å². The Labute approximate surface area is 126 Å². The van der Waals surface area contributed by atoms with Crippen molar-refractivity contribution in [2.45, 2.75) is 38.3 Å². The van der Waals surface area contributed by atoms with Gasteiger partial charge in [-0.2, -0.15) is 0 Å². The van der Waals surface area contributed by atoms with Crippen LogP contribution in [0.5, 0.6) is 5.75 Å². The van der Waals surface area contributed by atoms with E-state index in [1.54, 1.807) is 14.2 Å². The highest BCUT2D eigenvalue weighted by Gasteiger charge is 2.38. The number of benzene rings is 1. The molecule has 20 heavy (non-hydrogen) atoms. The molecule has 1 N–H and O–H groups in total. The van der Waals surface area contributed by atoms with Gasteiger partial charge in [-0.25, -0.2) is 0 Å². The van der Waals surface area contributed by atoms with Gasteiger partial charge in [-0.3, -0.25) is 0 Å². The topological polar surface area (TPSA) is 30.5 Å². The van der Waals surface area contributed by atoms with Gasteiger partial charge < -0.3 is 14.8 Å². The maximum Gasteiger partial charge on any atom is 0.123 e. The normalized spacial score (nSPS) is 17.8. The van der Waals surface area contributed by atoms with Crippen LogP contribution in [0.1, 0.15) is 37.8 Å². The highest BCUT2D eigenvalue weighted by Crippen LogP contribution is 2.42. The molecule has 0 radical (unpaired) electrons. The minimum Gasteiger partial charge on any atom is -0.496 e. The Balaban J connectivity index is 2.31. The van der Waals surface area contributed by atoms with E-state index in [2.05, 4.69) is 12.2 Å². The summed E-state index contributed by atoms with van der Waals surface area (Å²) in [5.74, 6) is 1.50. The lowest BCUT2D eigenvalue weighted by Crippen LogP contribution is -2.35. The fourth-order valence-corrected chi connectivity index (χ4v) is 2.86. The van der Waals surface area contributed by atoms with Crippen molar-refractivity contribution in [1.82, 2.24) is 5.32 Å². The molecule has 112 valence electrons. The van der Waals surface area contributed by atoms with Gasteiger partial charge in [-0.15, -0.1) is 0 Å². The van der Waals surface area contributed by atoms with Crippen LogP contribution >= 0.6 is 11.6 Å². The van der Waals surface area contributed by atoms with E-state index in [1.807, 2.05) is 18.2 Å². The third-order valence-corrected chi connectivity index (χ3v) is 4.06. The van der Waals surface area contributed by atoms with Gasteiger partial charge in [0.2, 0.25) is 0 Å². The summed E-state index contributed by atoms with van der Waals surface area (Å²) in [6.07, 6.45) is 3.74. The Hall–Kier alpha value is -0.770. The monoisotopic (exact) mass is 297 g/mol. The van der Waals surface area contributed by atoms with Crippen LogP contribution in [-0.2, 0) is 4.74 Å². The Bertz CT molecular complexity index is 434. The molecule has 3 nitrogen and oxygen atoms in total. The predicted octanol–water partition coefficient (Wildman–Crippen LogP) is 3.81. The van der Waals surface area contributed by atoms with Crippen molar-refractivity contribution >= 4 is 11.6 Å². The van der Waals surface area contributed by atoms with Crippen LogP contribution in [0.2, 0.25) is 5.02 Å². The van der Waals surface area contributed by atoms with E-state index < -0.39 is 0 Å². The summed E-state index contributed by atoms with van der Waals surface area (Å²) in [5.41, 5.74) is 1.09. The maximum atomic E-state index is 6.17. The van der Waals surface area contributed by atoms with Crippen molar-refractivity contribution < 1.29 is 9.47 Å². The van der Waals surface area contributed by atoms with E-state index >= 15 is 0 Å². The predicted molar refractivity (Wildman–Crippen MR) is 82.6 cm³/mol. The van der Waals surface area contributed by atoms with Crippen LogP contribution in [0, 0.1) is 5.92 Å². The molecule has 0 aromatic heterocycles. The second kappa shape index (κ2) is 7.30. The number of hydrogen-bond acceptors (Lipinski definition) is 3. The van der Waals surface area contributed by atoms with Crippen LogP contribution < -0.4 is 10.1 Å². The second-order valence-electron chi connectivity index (χ2n) is 5.36. The van der Waals surface area contributed by atoms with Gasteiger partial charge in [-0.05, 0) is 49.9 Å². The molecule has 0 aliphatic heterocycles. The van der Waals surface area contributed by atoms with Crippen LogP contribution in [-0.4, -0.2) is 26.9 Å². The second-order valence-corrected chi connectivity index (χ2v) is 5.79. The molecule has 0 bridgehead atoms. The molecule has 4 heteroatoms. The number of methoxy groups -OCH3 is 2. The number of rotatable bonds is 8. The van der Waals surface area contributed by atoms with E-state index in [0.717, 1.165) is 29.3 Å². The highest BCUT2D eigenvalue weighted by molar-refractivity contribution is 6.30. The van der Waals surface area contributed by atoms with Gasteiger partial charge >= 0.3 is 0 Å². The first-order valence-electron chi connectivity index (χ1n) is 7.30. The Morgan fingerprint density at radius 3 is 2.65 bits per heavy atom. The van der Waals surface area contributed by atoms with Crippen molar-refractivity contribution in [3.63, 3.8) is 0 Å². The molecule has 0 heterocycles. The largest absolute Gasteiger partial charge is 0.496 e. The molecular formula is C16H24ClNO2. The van der Waals surface area contributed by atoms with Crippen LogP contribution in [0.4, 0.5) is 0 Å². The van der Waals surface area contributed by atoms with E-state index in [-0.39, 0.29) is 12.1 Å². The Kier molecular flexibility index (Phi) is 5.70. The van der Waals surface area contributed by atoms with Crippen LogP contribution in [0.25, 0.3) is 0 Å². The van der Waals surface area contributed by atoms with Gasteiger partial charge in [0.25, 0.3) is 0 Å². The molecule has 0 spiro atoms. The van der Waals surface area contributed by atoms with Gasteiger partial charge in [0, 0.05) is 17.7 Å². The average molecular weight is 298 g/mol. The number of halogens is 1. The quantitative estimate of drug-likeness (QED) is 0.791. The Morgan fingerprint density at radius 1 is 1.35 bits per heavy atom. The summed E-state index contributed by atoms with van der Waals surface area (Å²) in [4.78, 5) is 0. The first-order valence-corrected chi connectivity index (χ1v) is 7.68. The zero-order chi connectivity index (χ0) is 14.5. The van der Waals surface area contributed by atoms with Crippen molar-refractivity contribution in [1.29, 1.82) is 0 Å². The third-order valence-electron chi connectivity index (χ3n) is 3.83. The molecular weight excluding hydrogens is 274 g/mol. The molecule has 1 aliphatic rings. The van der Waals surface area contributed by atoms with E-state index in [0.29, 0.717) is 5.92 Å². The summed E-state index contributed by atoms with van der Waals surface area (Å²) in [6, 6.07) is 5.90. The summed E-state index contributed by atoms with van der Waals surface area (Å²) in [5, 5.41) is 4.33. The third kappa shape index (κ3) is 3.66.